The predicted octanol–water partition coefficient (Wildman–Crippen LogP) is 1.78. The third-order valence-electron chi connectivity index (χ3n) is 1.33. The van der Waals surface area contributed by atoms with Crippen LogP contribution < -0.4 is 17.2 Å². The van der Waals surface area contributed by atoms with E-state index in [1.807, 2.05) is 13.8 Å². The Hall–Kier alpha value is -0.600. The van der Waals surface area contributed by atoms with Gasteiger partial charge in [-0.1, -0.05) is 26.3 Å². The molecule has 0 aliphatic rings. The molecule has 3 nitrogen and oxygen atoms in total. The highest BCUT2D eigenvalue weighted by atomic mass is 14.6. The van der Waals surface area contributed by atoms with E-state index < -0.39 is 0 Å². The first kappa shape index (κ1) is 19.9. The quantitative estimate of drug-likeness (QED) is 0.494. The Labute approximate surface area is 95.4 Å². The minimum absolute atomic E-state index is 0.597. The first-order valence-corrected chi connectivity index (χ1v) is 5.54. The summed E-state index contributed by atoms with van der Waals surface area (Å²) in [6.45, 7) is 11.6. The zero-order valence-electron chi connectivity index (χ0n) is 10.7. The van der Waals surface area contributed by atoms with Gasteiger partial charge in [0.05, 0.1) is 0 Å². The summed E-state index contributed by atoms with van der Waals surface area (Å²) in [5.74, 6) is 0. The maximum Gasteiger partial charge on any atom is 0.00461 e. The van der Waals surface area contributed by atoms with E-state index in [4.69, 9.17) is 17.2 Å². The molecule has 0 aliphatic heterocycles. The van der Waals surface area contributed by atoms with Crippen molar-refractivity contribution in [3.63, 3.8) is 0 Å². The van der Waals surface area contributed by atoms with E-state index in [9.17, 15) is 0 Å². The van der Waals surface area contributed by atoms with Crippen molar-refractivity contribution in [1.82, 2.24) is 0 Å². The van der Waals surface area contributed by atoms with Crippen LogP contribution in [0, 0.1) is 0 Å². The van der Waals surface area contributed by atoms with Crippen molar-refractivity contribution < 1.29 is 0 Å². The molecule has 0 atom stereocenters. The van der Waals surface area contributed by atoms with Crippen LogP contribution in [0.5, 0.6) is 0 Å². The Balaban J connectivity index is -0.000000147. The second-order valence-corrected chi connectivity index (χ2v) is 3.25. The molecule has 0 rings (SSSR count). The summed E-state index contributed by atoms with van der Waals surface area (Å²) in [5, 5.41) is 0. The third-order valence-corrected chi connectivity index (χ3v) is 1.33. The second-order valence-electron chi connectivity index (χ2n) is 3.25. The highest BCUT2D eigenvalue weighted by molar-refractivity contribution is 4.87. The van der Waals surface area contributed by atoms with Gasteiger partial charge < -0.3 is 17.2 Å². The van der Waals surface area contributed by atoms with E-state index in [0.717, 1.165) is 12.1 Å². The monoisotopic (exact) mass is 215 g/mol. The molecular formula is C12H29N3. The normalized spacial score (nSPS) is 7.60. The van der Waals surface area contributed by atoms with Crippen molar-refractivity contribution in [2.45, 2.75) is 40.0 Å². The molecule has 0 unspecified atom stereocenters. The Morgan fingerprint density at radius 1 is 1.00 bits per heavy atom. The van der Waals surface area contributed by atoms with Crippen molar-refractivity contribution in [2.75, 3.05) is 19.6 Å². The Morgan fingerprint density at radius 3 is 1.47 bits per heavy atom. The summed E-state index contributed by atoms with van der Waals surface area (Å²) in [6, 6.07) is 0. The Kier molecular flexibility index (Phi) is 30.9. The van der Waals surface area contributed by atoms with Gasteiger partial charge in [-0.3, -0.25) is 0 Å². The van der Waals surface area contributed by atoms with Crippen molar-refractivity contribution in [1.29, 1.82) is 0 Å². The molecule has 0 fully saturated rings. The number of rotatable bonds is 4. The number of allylic oxidation sites excluding steroid dienone is 1. The van der Waals surface area contributed by atoms with E-state index in [-0.39, 0.29) is 0 Å². The van der Waals surface area contributed by atoms with Gasteiger partial charge in [-0.2, -0.15) is 0 Å². The smallest absolute Gasteiger partial charge is 0.00461 e. The zero-order chi connectivity index (χ0) is 12.5. The molecule has 0 spiro atoms. The van der Waals surface area contributed by atoms with Gasteiger partial charge in [-0.05, 0) is 32.4 Å². The maximum absolute atomic E-state index is 5.21. The number of hydrogen-bond donors (Lipinski definition) is 3. The Morgan fingerprint density at radius 2 is 1.40 bits per heavy atom. The molecule has 0 aliphatic carbocycles. The Bertz CT molecular complexity index is 128. The van der Waals surface area contributed by atoms with Crippen LogP contribution in [0.15, 0.2) is 17.9 Å². The molecule has 3 heteroatoms. The van der Waals surface area contributed by atoms with Gasteiger partial charge in [0, 0.05) is 13.1 Å². The minimum atomic E-state index is 0.597. The van der Waals surface area contributed by atoms with Crippen molar-refractivity contribution in [3.05, 3.63) is 17.9 Å². The van der Waals surface area contributed by atoms with Crippen LogP contribution >= 0.6 is 0 Å². The van der Waals surface area contributed by atoms with Crippen LogP contribution in [0.3, 0.4) is 0 Å². The lowest BCUT2D eigenvalue weighted by molar-refractivity contribution is 0.727. The summed E-state index contributed by atoms with van der Waals surface area (Å²) in [4.78, 5) is 0. The number of nitrogens with two attached hydrogens (primary N) is 3. The van der Waals surface area contributed by atoms with E-state index in [0.29, 0.717) is 13.1 Å². The summed E-state index contributed by atoms with van der Waals surface area (Å²) in [5.41, 5.74) is 18.9. The van der Waals surface area contributed by atoms with Gasteiger partial charge in [-0.15, -0.1) is 5.73 Å². The van der Waals surface area contributed by atoms with Crippen molar-refractivity contribution in [2.24, 2.45) is 17.2 Å². The van der Waals surface area contributed by atoms with Gasteiger partial charge in [0.15, 0.2) is 0 Å². The number of unbranched alkanes of at least 4 members (excludes halogenated alkanes) is 2. The van der Waals surface area contributed by atoms with Crippen LogP contribution in [0.1, 0.15) is 40.0 Å². The molecule has 15 heavy (non-hydrogen) atoms. The number of hydrogen-bond acceptors (Lipinski definition) is 3. The lowest BCUT2D eigenvalue weighted by Gasteiger charge is -1.86. The van der Waals surface area contributed by atoms with Crippen LogP contribution in [0.4, 0.5) is 0 Å². The lowest BCUT2D eigenvalue weighted by atomic mass is 10.3. The predicted molar refractivity (Wildman–Crippen MR) is 70.7 cm³/mol. The van der Waals surface area contributed by atoms with Gasteiger partial charge in [0.1, 0.15) is 0 Å². The average molecular weight is 215 g/mol. The van der Waals surface area contributed by atoms with E-state index in [1.165, 1.54) is 19.3 Å². The average Bonchev–Trinajstić information content (AvgIpc) is 2.27. The van der Waals surface area contributed by atoms with Crippen LogP contribution in [-0.2, 0) is 0 Å². The second kappa shape index (κ2) is 23.3. The first-order valence-electron chi connectivity index (χ1n) is 5.54. The van der Waals surface area contributed by atoms with Gasteiger partial charge in [0.2, 0.25) is 0 Å². The van der Waals surface area contributed by atoms with Crippen LogP contribution in [0.25, 0.3) is 0 Å². The van der Waals surface area contributed by atoms with Crippen LogP contribution in [-0.4, -0.2) is 19.6 Å². The molecule has 0 saturated heterocycles. The molecule has 0 aromatic carbocycles. The molecule has 0 heterocycles. The molecule has 0 radical (unpaired) electrons. The molecule has 0 aromatic heterocycles. The summed E-state index contributed by atoms with van der Waals surface area (Å²) < 4.78 is 0. The highest BCUT2D eigenvalue weighted by Gasteiger charge is 1.75. The molecule has 6 N–H and O–H groups in total. The fourth-order valence-electron chi connectivity index (χ4n) is 0.394. The van der Waals surface area contributed by atoms with E-state index in [1.54, 1.807) is 0 Å². The van der Waals surface area contributed by atoms with Crippen LogP contribution in [0.2, 0.25) is 0 Å². The zero-order valence-corrected chi connectivity index (χ0v) is 10.7. The van der Waals surface area contributed by atoms with Gasteiger partial charge in [0.25, 0.3) is 0 Å². The molecule has 92 valence electrons. The van der Waals surface area contributed by atoms with Crippen molar-refractivity contribution in [3.8, 4) is 0 Å². The molecule has 0 saturated carbocycles. The largest absolute Gasteiger partial charge is 0.330 e. The summed E-state index contributed by atoms with van der Waals surface area (Å²) >= 11 is 0. The molecular weight excluding hydrogens is 186 g/mol. The summed E-state index contributed by atoms with van der Waals surface area (Å²) in [7, 11) is 0. The summed E-state index contributed by atoms with van der Waals surface area (Å²) in [6.07, 6.45) is 3.75. The SMILES string of the molecule is C=C=C(C)C.CCCCCN.NCCN. The van der Waals surface area contributed by atoms with Gasteiger partial charge >= 0.3 is 0 Å². The van der Waals surface area contributed by atoms with E-state index >= 15 is 0 Å². The van der Waals surface area contributed by atoms with Crippen molar-refractivity contribution >= 4 is 0 Å². The van der Waals surface area contributed by atoms with E-state index in [2.05, 4.69) is 19.2 Å². The molecule has 0 bridgehead atoms. The fourth-order valence-corrected chi connectivity index (χ4v) is 0.394. The minimum Gasteiger partial charge on any atom is -0.330 e. The third kappa shape index (κ3) is 59.7. The first-order chi connectivity index (χ1) is 7.10. The molecule has 0 aromatic rings. The topological polar surface area (TPSA) is 78.1 Å². The fraction of sp³-hybridized carbons (Fsp3) is 0.750. The standard InChI is InChI=1S/C5H13N.C5H8.C2H8N2/c1-2-3-4-5-6;1-4-5(2)3;3-1-2-4/h2-6H2,1H3;1H2,2-3H3;1-4H2. The highest BCUT2D eigenvalue weighted by Crippen LogP contribution is 1.88. The maximum atomic E-state index is 5.21. The van der Waals surface area contributed by atoms with Gasteiger partial charge in [-0.25, -0.2) is 0 Å². The lowest BCUT2D eigenvalue weighted by Crippen LogP contribution is -2.11. The molecule has 0 amide bonds.